The van der Waals surface area contributed by atoms with Crippen LogP contribution in [0, 0.1) is 6.92 Å². The number of rotatable bonds is 9. The van der Waals surface area contributed by atoms with Crippen molar-refractivity contribution in [2.45, 2.75) is 31.3 Å². The monoisotopic (exact) mass is 354 g/mol. The molecule has 0 bridgehead atoms. The van der Waals surface area contributed by atoms with Crippen LogP contribution in [0.15, 0.2) is 53.5 Å². The fourth-order valence-corrected chi connectivity index (χ4v) is 2.59. The highest BCUT2D eigenvalue weighted by atomic mass is 32.2. The molecule has 1 N–H and O–H groups in total. The van der Waals surface area contributed by atoms with Crippen LogP contribution in [0.25, 0.3) is 0 Å². The minimum absolute atomic E-state index is 0.0792. The lowest BCUT2D eigenvalue weighted by Crippen LogP contribution is -2.12. The number of ether oxygens (including phenoxy) is 1. The van der Waals surface area contributed by atoms with Crippen molar-refractivity contribution in [2.24, 2.45) is 0 Å². The van der Waals surface area contributed by atoms with Crippen LogP contribution in [0.3, 0.4) is 0 Å². The van der Waals surface area contributed by atoms with Gasteiger partial charge in [-0.05, 0) is 26.0 Å². The normalized spacial score (nSPS) is 13.5. The molecule has 0 saturated carbocycles. The lowest BCUT2D eigenvalue weighted by molar-refractivity contribution is -0.137. The summed E-state index contributed by atoms with van der Waals surface area (Å²) in [4.78, 5) is 11.1. The van der Waals surface area contributed by atoms with Gasteiger partial charge in [-0.2, -0.15) is 8.42 Å². The van der Waals surface area contributed by atoms with E-state index in [-0.39, 0.29) is 17.9 Å². The molecule has 6 nitrogen and oxygen atoms in total. The topological polar surface area (TPSA) is 89.9 Å². The lowest BCUT2D eigenvalue weighted by Gasteiger charge is -2.07. The molecular weight excluding hydrogens is 332 g/mol. The molecule has 0 unspecified atom stereocenters. The van der Waals surface area contributed by atoms with Gasteiger partial charge >= 0.3 is 5.97 Å². The molecule has 0 aliphatic carbocycles. The lowest BCUT2D eigenvalue weighted by atomic mass is 10.2. The summed E-state index contributed by atoms with van der Waals surface area (Å²) < 4.78 is 33.5. The minimum atomic E-state index is -3.83. The smallest absolute Gasteiger partial charge is 0.330 e. The van der Waals surface area contributed by atoms with Crippen LogP contribution in [-0.4, -0.2) is 38.8 Å². The van der Waals surface area contributed by atoms with Crippen LogP contribution in [0.4, 0.5) is 0 Å². The Morgan fingerprint density at radius 1 is 1.25 bits per heavy atom. The summed E-state index contributed by atoms with van der Waals surface area (Å²) in [7, 11) is -3.83. The SMILES string of the molecule is CCOC(=O)/C=C/C=C/[C@@H](O)CCOS(=O)(=O)c1ccc(C)cc1. The largest absolute Gasteiger partial charge is 0.463 e. The van der Waals surface area contributed by atoms with E-state index in [0.29, 0.717) is 6.61 Å². The number of aliphatic hydroxyl groups excluding tert-OH is 1. The number of hydrogen-bond donors (Lipinski definition) is 1. The molecule has 0 aliphatic heterocycles. The zero-order chi connectivity index (χ0) is 18.0. The Bertz CT molecular complexity index is 674. The third kappa shape index (κ3) is 7.54. The number of benzene rings is 1. The Balaban J connectivity index is 2.40. The number of allylic oxidation sites excluding steroid dienone is 2. The van der Waals surface area contributed by atoms with Gasteiger partial charge < -0.3 is 9.84 Å². The Hall–Kier alpha value is -1.96. The van der Waals surface area contributed by atoms with Gasteiger partial charge in [-0.25, -0.2) is 4.79 Å². The Labute approximate surface area is 142 Å². The number of carbonyl (C=O) groups is 1. The Kier molecular flexibility index (Phi) is 8.39. The summed E-state index contributed by atoms with van der Waals surface area (Å²) in [6.07, 6.45) is 4.80. The molecule has 0 heterocycles. The Morgan fingerprint density at radius 2 is 1.92 bits per heavy atom. The van der Waals surface area contributed by atoms with Gasteiger partial charge in [0.15, 0.2) is 0 Å². The third-order valence-electron chi connectivity index (χ3n) is 2.93. The molecule has 24 heavy (non-hydrogen) atoms. The summed E-state index contributed by atoms with van der Waals surface area (Å²) in [6, 6.07) is 6.32. The average molecular weight is 354 g/mol. The van der Waals surface area contributed by atoms with Crippen molar-refractivity contribution in [2.75, 3.05) is 13.2 Å². The van der Waals surface area contributed by atoms with Crippen LogP contribution in [0.1, 0.15) is 18.9 Å². The molecule has 1 rings (SSSR count). The highest BCUT2D eigenvalue weighted by Crippen LogP contribution is 2.13. The quantitative estimate of drug-likeness (QED) is 0.316. The summed E-state index contributed by atoms with van der Waals surface area (Å²) in [5.74, 6) is -0.468. The van der Waals surface area contributed by atoms with Crippen LogP contribution in [0.2, 0.25) is 0 Å². The molecule has 0 radical (unpaired) electrons. The second kappa shape index (κ2) is 10.0. The molecule has 0 aliphatic rings. The van der Waals surface area contributed by atoms with Gasteiger partial charge in [0.05, 0.1) is 24.2 Å². The van der Waals surface area contributed by atoms with E-state index in [1.807, 2.05) is 6.92 Å². The zero-order valence-corrected chi connectivity index (χ0v) is 14.5. The van der Waals surface area contributed by atoms with Gasteiger partial charge in [-0.3, -0.25) is 4.18 Å². The van der Waals surface area contributed by atoms with Gasteiger partial charge in [0.25, 0.3) is 10.1 Å². The van der Waals surface area contributed by atoms with E-state index >= 15 is 0 Å². The third-order valence-corrected chi connectivity index (χ3v) is 4.25. The fraction of sp³-hybridized carbons (Fsp3) is 0.353. The van der Waals surface area contributed by atoms with Crippen molar-refractivity contribution in [3.8, 4) is 0 Å². The van der Waals surface area contributed by atoms with E-state index in [4.69, 9.17) is 8.92 Å². The highest BCUT2D eigenvalue weighted by Gasteiger charge is 2.15. The molecule has 0 amide bonds. The van der Waals surface area contributed by atoms with Gasteiger partial charge in [0, 0.05) is 12.5 Å². The molecule has 1 atom stereocenters. The van der Waals surface area contributed by atoms with Crippen molar-refractivity contribution < 1.29 is 27.2 Å². The minimum Gasteiger partial charge on any atom is -0.463 e. The summed E-state index contributed by atoms with van der Waals surface area (Å²) >= 11 is 0. The molecule has 0 spiro atoms. The molecule has 1 aromatic rings. The van der Waals surface area contributed by atoms with Crippen LogP contribution in [0.5, 0.6) is 0 Å². The van der Waals surface area contributed by atoms with Crippen LogP contribution < -0.4 is 0 Å². The average Bonchev–Trinajstić information content (AvgIpc) is 2.52. The van der Waals surface area contributed by atoms with Crippen molar-refractivity contribution in [3.63, 3.8) is 0 Å². The van der Waals surface area contributed by atoms with Gasteiger partial charge in [-0.15, -0.1) is 0 Å². The maximum Gasteiger partial charge on any atom is 0.330 e. The van der Waals surface area contributed by atoms with E-state index in [9.17, 15) is 18.3 Å². The number of aryl methyl sites for hydroxylation is 1. The van der Waals surface area contributed by atoms with Crippen LogP contribution in [-0.2, 0) is 23.8 Å². The summed E-state index contributed by atoms with van der Waals surface area (Å²) in [6.45, 7) is 3.71. The standard InChI is InChI=1S/C17H22O6S/c1-3-22-17(19)7-5-4-6-15(18)12-13-23-24(20,21)16-10-8-14(2)9-11-16/h4-11,15,18H,3,12-13H2,1-2H3/b6-4+,7-5+/t15-/m1/s1. The molecule has 1 aromatic carbocycles. The molecule has 132 valence electrons. The fourth-order valence-electron chi connectivity index (χ4n) is 1.66. The summed E-state index contributed by atoms with van der Waals surface area (Å²) in [5.41, 5.74) is 0.949. The van der Waals surface area contributed by atoms with Crippen LogP contribution >= 0.6 is 0 Å². The predicted molar refractivity (Wildman–Crippen MR) is 89.9 cm³/mol. The van der Waals surface area contributed by atoms with Gasteiger partial charge in [0.2, 0.25) is 0 Å². The first-order valence-electron chi connectivity index (χ1n) is 7.51. The van der Waals surface area contributed by atoms with Crippen molar-refractivity contribution in [3.05, 3.63) is 54.1 Å². The highest BCUT2D eigenvalue weighted by molar-refractivity contribution is 7.86. The number of hydrogen-bond acceptors (Lipinski definition) is 6. The van der Waals surface area contributed by atoms with Gasteiger partial charge in [-0.1, -0.05) is 35.9 Å². The van der Waals surface area contributed by atoms with E-state index in [2.05, 4.69) is 0 Å². The first-order valence-corrected chi connectivity index (χ1v) is 8.91. The first kappa shape index (κ1) is 20.1. The molecule has 0 aromatic heterocycles. The molecule has 0 fully saturated rings. The van der Waals surface area contributed by atoms with Crippen molar-refractivity contribution >= 4 is 16.1 Å². The van der Waals surface area contributed by atoms with E-state index in [0.717, 1.165) is 5.56 Å². The van der Waals surface area contributed by atoms with Gasteiger partial charge in [0.1, 0.15) is 0 Å². The van der Waals surface area contributed by atoms with E-state index in [1.165, 1.54) is 36.4 Å². The van der Waals surface area contributed by atoms with Crippen molar-refractivity contribution in [1.29, 1.82) is 0 Å². The Morgan fingerprint density at radius 3 is 2.54 bits per heavy atom. The first-order chi connectivity index (χ1) is 11.3. The second-order valence-corrected chi connectivity index (χ2v) is 6.56. The maximum absolute atomic E-state index is 11.9. The summed E-state index contributed by atoms with van der Waals surface area (Å²) in [5, 5.41) is 9.71. The number of aliphatic hydroxyl groups is 1. The molecular formula is C17H22O6S. The van der Waals surface area contributed by atoms with Crippen molar-refractivity contribution in [1.82, 2.24) is 0 Å². The zero-order valence-electron chi connectivity index (χ0n) is 13.7. The molecule has 0 saturated heterocycles. The number of carbonyl (C=O) groups excluding carboxylic acids is 1. The number of esters is 1. The predicted octanol–water partition coefficient (Wildman–Crippen LogP) is 2.13. The maximum atomic E-state index is 11.9. The molecule has 7 heteroatoms. The van der Waals surface area contributed by atoms with E-state index in [1.54, 1.807) is 19.1 Å². The second-order valence-electron chi connectivity index (χ2n) is 4.94. The van der Waals surface area contributed by atoms with E-state index < -0.39 is 22.2 Å².